The van der Waals surface area contributed by atoms with Gasteiger partial charge in [0, 0.05) is 13.0 Å². The van der Waals surface area contributed by atoms with Gasteiger partial charge in [0.05, 0.1) is 13.1 Å². The summed E-state index contributed by atoms with van der Waals surface area (Å²) < 4.78 is 5.76. The van der Waals surface area contributed by atoms with Crippen LogP contribution in [0.2, 0.25) is 0 Å². The monoisotopic (exact) mass is 245 g/mol. The van der Waals surface area contributed by atoms with Gasteiger partial charge in [-0.2, -0.15) is 0 Å². The molecule has 1 aromatic rings. The molecule has 0 spiro atoms. The number of hydrogen-bond donors (Lipinski definition) is 1. The summed E-state index contributed by atoms with van der Waals surface area (Å²) in [6.07, 6.45) is 6.02. The number of hydrogen-bond acceptors (Lipinski definition) is 3. The topological polar surface area (TPSA) is 49.8 Å². The predicted octanol–water partition coefficient (Wildman–Crippen LogP) is 1.01. The lowest BCUT2D eigenvalue weighted by Gasteiger charge is -2.21. The van der Waals surface area contributed by atoms with E-state index in [-0.39, 0.29) is 12.6 Å². The third-order valence-corrected chi connectivity index (χ3v) is 2.85. The maximum absolute atomic E-state index is 10.7. The summed E-state index contributed by atoms with van der Waals surface area (Å²) in [7, 11) is 0. The maximum atomic E-state index is 10.7. The van der Waals surface area contributed by atoms with Crippen LogP contribution < -0.4 is 4.74 Å². The number of fused-ring (bicyclic) bond motifs is 1. The summed E-state index contributed by atoms with van der Waals surface area (Å²) in [5, 5.41) is 8.81. The van der Waals surface area contributed by atoms with Crippen molar-refractivity contribution in [1.82, 2.24) is 4.90 Å². The van der Waals surface area contributed by atoms with Crippen molar-refractivity contribution in [2.45, 2.75) is 12.5 Å². The third-order valence-electron chi connectivity index (χ3n) is 2.85. The van der Waals surface area contributed by atoms with Gasteiger partial charge in [0.1, 0.15) is 11.9 Å². The molecule has 0 amide bonds. The quantitative estimate of drug-likeness (QED) is 0.787. The Bertz CT molecular complexity index is 453. The van der Waals surface area contributed by atoms with Crippen molar-refractivity contribution in [3.8, 4) is 18.1 Å². The van der Waals surface area contributed by atoms with Crippen LogP contribution in [0, 0.1) is 12.3 Å². The molecule has 94 valence electrons. The van der Waals surface area contributed by atoms with Crippen LogP contribution >= 0.6 is 0 Å². The van der Waals surface area contributed by atoms with Crippen molar-refractivity contribution in [3.05, 3.63) is 29.8 Å². The van der Waals surface area contributed by atoms with Gasteiger partial charge in [-0.15, -0.1) is 6.42 Å². The Morgan fingerprint density at radius 1 is 1.56 bits per heavy atom. The first-order valence-corrected chi connectivity index (χ1v) is 5.81. The second kappa shape index (κ2) is 5.56. The predicted molar refractivity (Wildman–Crippen MR) is 67.5 cm³/mol. The Labute approximate surface area is 106 Å². The number of para-hydroxylation sites is 1. The van der Waals surface area contributed by atoms with Crippen molar-refractivity contribution in [3.63, 3.8) is 0 Å². The summed E-state index contributed by atoms with van der Waals surface area (Å²) in [4.78, 5) is 12.4. The van der Waals surface area contributed by atoms with Crippen LogP contribution in [0.3, 0.4) is 0 Å². The van der Waals surface area contributed by atoms with E-state index in [9.17, 15) is 4.79 Å². The van der Waals surface area contributed by atoms with E-state index in [1.165, 1.54) is 5.56 Å². The molecule has 4 nitrogen and oxygen atoms in total. The summed E-state index contributed by atoms with van der Waals surface area (Å²) in [5.74, 6) is 2.49. The van der Waals surface area contributed by atoms with E-state index in [0.717, 1.165) is 12.2 Å². The van der Waals surface area contributed by atoms with E-state index in [4.69, 9.17) is 16.3 Å². The summed E-state index contributed by atoms with van der Waals surface area (Å²) in [6.45, 7) is 0.800. The molecular formula is C14H15NO3. The average molecular weight is 245 g/mol. The standard InChI is InChI=1S/C14H15NO3/c1-2-7-15(10-14(16)17)9-12-8-11-5-3-4-6-13(11)18-12/h1,3-6,12H,7-10H2,(H,16,17). The van der Waals surface area contributed by atoms with E-state index in [0.29, 0.717) is 13.1 Å². The van der Waals surface area contributed by atoms with E-state index >= 15 is 0 Å². The molecule has 0 aromatic heterocycles. The van der Waals surface area contributed by atoms with E-state index in [1.807, 2.05) is 24.3 Å². The van der Waals surface area contributed by atoms with Gasteiger partial charge in [0.25, 0.3) is 0 Å². The maximum Gasteiger partial charge on any atom is 0.317 e. The molecule has 1 aliphatic heterocycles. The van der Waals surface area contributed by atoms with Crippen molar-refractivity contribution in [2.75, 3.05) is 19.6 Å². The SMILES string of the molecule is C#CCN(CC(=O)O)CC1Cc2ccccc2O1. The zero-order chi connectivity index (χ0) is 13.0. The number of nitrogens with zero attached hydrogens (tertiary/aromatic N) is 1. The van der Waals surface area contributed by atoms with Gasteiger partial charge in [0.2, 0.25) is 0 Å². The second-order valence-corrected chi connectivity index (χ2v) is 4.32. The first-order valence-electron chi connectivity index (χ1n) is 5.81. The molecule has 0 bridgehead atoms. The molecule has 0 saturated carbocycles. The Kier molecular flexibility index (Phi) is 3.85. The van der Waals surface area contributed by atoms with Crippen molar-refractivity contribution in [2.24, 2.45) is 0 Å². The molecule has 1 aromatic carbocycles. The van der Waals surface area contributed by atoms with Crippen LogP contribution in [0.1, 0.15) is 5.56 Å². The number of carboxylic acids is 1. The van der Waals surface area contributed by atoms with Crippen LogP contribution in [0.4, 0.5) is 0 Å². The molecule has 1 heterocycles. The van der Waals surface area contributed by atoms with Crippen LogP contribution in [-0.4, -0.2) is 41.7 Å². The number of terminal acetylenes is 1. The van der Waals surface area contributed by atoms with E-state index in [1.54, 1.807) is 4.90 Å². The molecular weight excluding hydrogens is 230 g/mol. The summed E-state index contributed by atoms with van der Waals surface area (Å²) in [5.41, 5.74) is 1.17. The smallest absolute Gasteiger partial charge is 0.317 e. The van der Waals surface area contributed by atoms with Gasteiger partial charge >= 0.3 is 5.97 Å². The van der Waals surface area contributed by atoms with Crippen molar-refractivity contribution < 1.29 is 14.6 Å². The molecule has 1 N–H and O–H groups in total. The fraction of sp³-hybridized carbons (Fsp3) is 0.357. The summed E-state index contributed by atoms with van der Waals surface area (Å²) in [6, 6.07) is 7.86. The Hall–Kier alpha value is -1.99. The van der Waals surface area contributed by atoms with Gasteiger partial charge < -0.3 is 9.84 Å². The average Bonchev–Trinajstić information content (AvgIpc) is 2.70. The second-order valence-electron chi connectivity index (χ2n) is 4.32. The fourth-order valence-electron chi connectivity index (χ4n) is 2.15. The van der Waals surface area contributed by atoms with Crippen LogP contribution in [-0.2, 0) is 11.2 Å². The first kappa shape index (κ1) is 12.5. The molecule has 1 unspecified atom stereocenters. The lowest BCUT2D eigenvalue weighted by Crippen LogP contribution is -2.38. The number of benzene rings is 1. The number of ether oxygens (including phenoxy) is 1. The van der Waals surface area contributed by atoms with Gasteiger partial charge in [-0.05, 0) is 11.6 Å². The minimum Gasteiger partial charge on any atom is -0.488 e. The third kappa shape index (κ3) is 3.02. The van der Waals surface area contributed by atoms with Crippen LogP contribution in [0.5, 0.6) is 5.75 Å². The minimum atomic E-state index is -0.874. The Morgan fingerprint density at radius 2 is 2.33 bits per heavy atom. The fourth-order valence-corrected chi connectivity index (χ4v) is 2.15. The molecule has 18 heavy (non-hydrogen) atoms. The molecule has 1 aliphatic rings. The molecule has 1 atom stereocenters. The van der Waals surface area contributed by atoms with Gasteiger partial charge in [0.15, 0.2) is 0 Å². The van der Waals surface area contributed by atoms with Crippen LogP contribution in [0.15, 0.2) is 24.3 Å². The lowest BCUT2D eigenvalue weighted by molar-refractivity contribution is -0.138. The highest BCUT2D eigenvalue weighted by molar-refractivity contribution is 5.69. The number of carboxylic acid groups (broad SMARTS) is 1. The minimum absolute atomic E-state index is 0.0184. The Balaban J connectivity index is 1.94. The highest BCUT2D eigenvalue weighted by atomic mass is 16.5. The largest absolute Gasteiger partial charge is 0.488 e. The van der Waals surface area contributed by atoms with Crippen molar-refractivity contribution in [1.29, 1.82) is 0 Å². The molecule has 2 rings (SSSR count). The molecule has 0 radical (unpaired) electrons. The van der Waals surface area contributed by atoms with E-state index < -0.39 is 5.97 Å². The molecule has 0 aliphatic carbocycles. The van der Waals surface area contributed by atoms with E-state index in [2.05, 4.69) is 5.92 Å². The number of carbonyl (C=O) groups is 1. The highest BCUT2D eigenvalue weighted by Crippen LogP contribution is 2.28. The molecule has 0 saturated heterocycles. The highest BCUT2D eigenvalue weighted by Gasteiger charge is 2.24. The zero-order valence-corrected chi connectivity index (χ0v) is 10.0. The normalized spacial score (nSPS) is 17.0. The Morgan fingerprint density at radius 3 is 3.00 bits per heavy atom. The van der Waals surface area contributed by atoms with Gasteiger partial charge in [-0.25, -0.2) is 0 Å². The summed E-state index contributed by atoms with van der Waals surface area (Å²) >= 11 is 0. The molecule has 0 fully saturated rings. The van der Waals surface area contributed by atoms with Gasteiger partial charge in [-0.3, -0.25) is 9.69 Å². The van der Waals surface area contributed by atoms with Crippen LogP contribution in [0.25, 0.3) is 0 Å². The zero-order valence-electron chi connectivity index (χ0n) is 10.0. The van der Waals surface area contributed by atoms with Crippen molar-refractivity contribution >= 4 is 5.97 Å². The molecule has 4 heteroatoms. The number of aliphatic carboxylic acids is 1. The first-order chi connectivity index (χ1) is 8.69. The number of rotatable bonds is 5. The lowest BCUT2D eigenvalue weighted by atomic mass is 10.1. The van der Waals surface area contributed by atoms with Gasteiger partial charge in [-0.1, -0.05) is 24.1 Å².